The van der Waals surface area contributed by atoms with Gasteiger partial charge in [0.25, 0.3) is 5.56 Å². The number of piperidine rings is 1. The molecule has 2 N–H and O–H groups in total. The molecule has 4 heterocycles. The SMILES string of the molecule is C[C@@H](c1nc2scc(-c3cccs3)c2c(=O)[nH]1)[NH+]1CC[C@@H]2CCCC[C@@H]2C1. The lowest BCUT2D eigenvalue weighted by Crippen LogP contribution is -3.14. The van der Waals surface area contributed by atoms with Crippen LogP contribution in [0.2, 0.25) is 0 Å². The summed E-state index contributed by atoms with van der Waals surface area (Å²) in [4.78, 5) is 24.5. The second-order valence-electron chi connectivity index (χ2n) is 8.19. The summed E-state index contributed by atoms with van der Waals surface area (Å²) in [5, 5.41) is 4.88. The van der Waals surface area contributed by atoms with Crippen molar-refractivity contribution >= 4 is 32.9 Å². The Bertz CT molecular complexity index is 991. The van der Waals surface area contributed by atoms with E-state index < -0.39 is 0 Å². The van der Waals surface area contributed by atoms with Crippen LogP contribution in [0.4, 0.5) is 0 Å². The predicted octanol–water partition coefficient (Wildman–Crippen LogP) is 3.87. The van der Waals surface area contributed by atoms with Gasteiger partial charge in [0, 0.05) is 21.7 Å². The Morgan fingerprint density at radius 3 is 2.89 bits per heavy atom. The van der Waals surface area contributed by atoms with Crippen LogP contribution in [0.25, 0.3) is 20.7 Å². The minimum absolute atomic E-state index is 0.0125. The predicted molar refractivity (Wildman–Crippen MR) is 113 cm³/mol. The lowest BCUT2D eigenvalue weighted by atomic mass is 9.75. The van der Waals surface area contributed by atoms with E-state index in [1.807, 2.05) is 6.07 Å². The normalized spacial score (nSPS) is 26.8. The molecule has 1 aliphatic heterocycles. The molecule has 3 aromatic heterocycles. The maximum absolute atomic E-state index is 12.9. The van der Waals surface area contributed by atoms with E-state index in [9.17, 15) is 4.79 Å². The molecule has 0 bridgehead atoms. The van der Waals surface area contributed by atoms with Crippen molar-refractivity contribution in [2.75, 3.05) is 13.1 Å². The highest BCUT2D eigenvalue weighted by Gasteiger charge is 2.36. The summed E-state index contributed by atoms with van der Waals surface area (Å²) in [6, 6.07) is 4.35. The van der Waals surface area contributed by atoms with Gasteiger partial charge in [-0.15, -0.1) is 22.7 Å². The van der Waals surface area contributed by atoms with Crippen molar-refractivity contribution in [3.05, 3.63) is 39.1 Å². The molecule has 2 fully saturated rings. The molecule has 4 nitrogen and oxygen atoms in total. The molecule has 27 heavy (non-hydrogen) atoms. The Kier molecular flexibility index (Phi) is 4.66. The molecule has 6 heteroatoms. The maximum Gasteiger partial charge on any atom is 0.260 e. The van der Waals surface area contributed by atoms with E-state index in [0.717, 1.165) is 38.3 Å². The summed E-state index contributed by atoms with van der Waals surface area (Å²) < 4.78 is 0. The lowest BCUT2D eigenvalue weighted by molar-refractivity contribution is -0.940. The highest BCUT2D eigenvalue weighted by molar-refractivity contribution is 7.18. The van der Waals surface area contributed by atoms with E-state index in [1.165, 1.54) is 45.2 Å². The molecule has 0 radical (unpaired) electrons. The number of aromatic amines is 1. The van der Waals surface area contributed by atoms with Gasteiger partial charge in [0.05, 0.1) is 18.5 Å². The molecular weight excluding hydrogens is 374 g/mol. The van der Waals surface area contributed by atoms with E-state index in [1.54, 1.807) is 27.6 Å². The average Bonchev–Trinajstić information content (AvgIpc) is 3.36. The van der Waals surface area contributed by atoms with Crippen molar-refractivity contribution in [2.24, 2.45) is 11.8 Å². The topological polar surface area (TPSA) is 50.2 Å². The molecule has 5 rings (SSSR count). The summed E-state index contributed by atoms with van der Waals surface area (Å²) in [6.45, 7) is 4.67. The zero-order valence-corrected chi connectivity index (χ0v) is 17.3. The fraction of sp³-hybridized carbons (Fsp3) is 0.524. The van der Waals surface area contributed by atoms with E-state index in [0.29, 0.717) is 0 Å². The van der Waals surface area contributed by atoms with Crippen LogP contribution in [-0.4, -0.2) is 23.1 Å². The standard InChI is InChI=1S/C21H25N3OS2/c1-13(24-9-8-14-5-2-3-6-15(14)11-24)19-22-20(25)18-16(12-27-21(18)23-19)17-7-4-10-26-17/h4,7,10,12-15H,2-3,5-6,8-9,11H2,1H3,(H,22,23,25)/p+1/t13-,14-,15+/m0/s1. The van der Waals surface area contributed by atoms with E-state index in [4.69, 9.17) is 4.98 Å². The number of nitrogens with zero attached hydrogens (tertiary/aromatic N) is 1. The Morgan fingerprint density at radius 2 is 2.07 bits per heavy atom. The molecule has 0 amide bonds. The van der Waals surface area contributed by atoms with Crippen molar-refractivity contribution < 1.29 is 4.90 Å². The summed E-state index contributed by atoms with van der Waals surface area (Å²) >= 11 is 3.26. The van der Waals surface area contributed by atoms with Crippen LogP contribution in [-0.2, 0) is 0 Å². The number of quaternary nitrogens is 1. The van der Waals surface area contributed by atoms with Gasteiger partial charge in [-0.05, 0) is 43.6 Å². The van der Waals surface area contributed by atoms with Crippen LogP contribution in [0.5, 0.6) is 0 Å². The van der Waals surface area contributed by atoms with Crippen LogP contribution < -0.4 is 10.5 Å². The maximum atomic E-state index is 12.9. The lowest BCUT2D eigenvalue weighted by Gasteiger charge is -2.40. The van der Waals surface area contributed by atoms with Crippen LogP contribution >= 0.6 is 22.7 Å². The van der Waals surface area contributed by atoms with Gasteiger partial charge in [-0.2, -0.15) is 0 Å². The van der Waals surface area contributed by atoms with E-state index >= 15 is 0 Å². The first-order chi connectivity index (χ1) is 13.2. The van der Waals surface area contributed by atoms with Crippen LogP contribution in [0.15, 0.2) is 27.7 Å². The third-order valence-corrected chi connectivity index (χ3v) is 8.47. The van der Waals surface area contributed by atoms with Gasteiger partial charge >= 0.3 is 0 Å². The molecule has 0 spiro atoms. The Labute approximate surface area is 167 Å². The molecule has 0 aromatic carbocycles. The highest BCUT2D eigenvalue weighted by Crippen LogP contribution is 2.34. The van der Waals surface area contributed by atoms with Gasteiger partial charge in [0.15, 0.2) is 5.82 Å². The molecule has 3 aromatic rings. The number of likely N-dealkylation sites (tertiary alicyclic amines) is 1. The Morgan fingerprint density at radius 1 is 1.22 bits per heavy atom. The average molecular weight is 401 g/mol. The number of hydrogen-bond donors (Lipinski definition) is 2. The molecule has 142 valence electrons. The third-order valence-electron chi connectivity index (χ3n) is 6.70. The Balaban J connectivity index is 1.44. The summed E-state index contributed by atoms with van der Waals surface area (Å²) in [6.07, 6.45) is 6.96. The summed E-state index contributed by atoms with van der Waals surface area (Å²) in [5.41, 5.74) is 1.03. The van der Waals surface area contributed by atoms with Crippen molar-refractivity contribution in [1.82, 2.24) is 9.97 Å². The second kappa shape index (κ2) is 7.15. The smallest absolute Gasteiger partial charge is 0.260 e. The van der Waals surface area contributed by atoms with Crippen LogP contribution in [0.1, 0.15) is 50.9 Å². The monoisotopic (exact) mass is 400 g/mol. The number of thiophene rings is 2. The van der Waals surface area contributed by atoms with Gasteiger partial charge in [-0.1, -0.05) is 18.9 Å². The molecule has 1 aliphatic carbocycles. The molecule has 1 saturated heterocycles. The highest BCUT2D eigenvalue weighted by atomic mass is 32.1. The van der Waals surface area contributed by atoms with Gasteiger partial charge in [0.1, 0.15) is 10.9 Å². The first kappa shape index (κ1) is 17.6. The number of fused-ring (bicyclic) bond motifs is 2. The van der Waals surface area contributed by atoms with Crippen molar-refractivity contribution in [2.45, 2.75) is 45.1 Å². The molecular formula is C21H26N3OS2+. The molecule has 1 saturated carbocycles. The van der Waals surface area contributed by atoms with E-state index in [2.05, 4.69) is 28.7 Å². The number of hydrogen-bond acceptors (Lipinski definition) is 4. The minimum atomic E-state index is 0.0125. The summed E-state index contributed by atoms with van der Waals surface area (Å²) in [5.74, 6) is 2.67. The third kappa shape index (κ3) is 3.18. The molecule has 1 unspecified atom stereocenters. The minimum Gasteiger partial charge on any atom is -0.326 e. The first-order valence-electron chi connectivity index (χ1n) is 10.1. The van der Waals surface area contributed by atoms with Gasteiger partial charge < -0.3 is 9.88 Å². The van der Waals surface area contributed by atoms with Crippen molar-refractivity contribution in [3.8, 4) is 10.4 Å². The van der Waals surface area contributed by atoms with Gasteiger partial charge in [-0.25, -0.2) is 4.98 Å². The molecule has 2 aliphatic rings. The number of rotatable bonds is 3. The zero-order valence-electron chi connectivity index (χ0n) is 15.7. The van der Waals surface area contributed by atoms with E-state index in [-0.39, 0.29) is 11.6 Å². The number of H-pyrrole nitrogens is 1. The fourth-order valence-electron chi connectivity index (χ4n) is 5.11. The number of nitrogens with one attached hydrogen (secondary N) is 2. The summed E-state index contributed by atoms with van der Waals surface area (Å²) in [7, 11) is 0. The van der Waals surface area contributed by atoms with Gasteiger partial charge in [-0.3, -0.25) is 4.79 Å². The number of aromatic nitrogens is 2. The second-order valence-corrected chi connectivity index (χ2v) is 9.99. The van der Waals surface area contributed by atoms with Crippen LogP contribution in [0.3, 0.4) is 0 Å². The Hall–Kier alpha value is -1.50. The van der Waals surface area contributed by atoms with Gasteiger partial charge in [0.2, 0.25) is 0 Å². The van der Waals surface area contributed by atoms with Crippen LogP contribution in [0, 0.1) is 11.8 Å². The largest absolute Gasteiger partial charge is 0.326 e. The zero-order chi connectivity index (χ0) is 18.4. The molecule has 4 atom stereocenters. The van der Waals surface area contributed by atoms with Crippen molar-refractivity contribution in [1.29, 1.82) is 0 Å². The first-order valence-corrected chi connectivity index (χ1v) is 11.9. The fourth-order valence-corrected chi connectivity index (χ4v) is 6.88. The quantitative estimate of drug-likeness (QED) is 0.701. The van der Waals surface area contributed by atoms with Crippen molar-refractivity contribution in [3.63, 3.8) is 0 Å².